The lowest BCUT2D eigenvalue weighted by molar-refractivity contribution is 0.138. The van der Waals surface area contributed by atoms with Crippen molar-refractivity contribution in [2.75, 3.05) is 0 Å². The minimum atomic E-state index is -0.320. The monoisotopic (exact) mass is 255 g/mol. The maximum absolute atomic E-state index is 9.53. The van der Waals surface area contributed by atoms with Crippen molar-refractivity contribution >= 4 is 0 Å². The van der Waals surface area contributed by atoms with Crippen LogP contribution in [0.2, 0.25) is 0 Å². The molecule has 0 amide bonds. The number of unbranched alkanes of at least 4 members (excludes halogenated alkanes) is 7. The summed E-state index contributed by atoms with van der Waals surface area (Å²) in [5, 5.41) is 9.53. The molecule has 18 heavy (non-hydrogen) atoms. The topological polar surface area (TPSA) is 46.2 Å². The fourth-order valence-corrected chi connectivity index (χ4v) is 1.98. The zero-order chi connectivity index (χ0) is 13.6. The van der Waals surface area contributed by atoms with Gasteiger partial charge in [0.05, 0.1) is 6.10 Å². The number of nitrogens with two attached hydrogens (primary N) is 1. The molecule has 0 aromatic rings. The lowest BCUT2D eigenvalue weighted by atomic mass is 10.0. The molecule has 0 spiro atoms. The Balaban J connectivity index is 3.17. The highest BCUT2D eigenvalue weighted by atomic mass is 16.3. The quantitative estimate of drug-likeness (QED) is 0.406. The summed E-state index contributed by atoms with van der Waals surface area (Å²) in [6.45, 7) is 4.12. The Kier molecular flexibility index (Phi) is 12.9. The first-order valence-electron chi connectivity index (χ1n) is 7.77. The van der Waals surface area contributed by atoms with Crippen LogP contribution >= 0.6 is 0 Å². The van der Waals surface area contributed by atoms with E-state index in [1.54, 1.807) is 0 Å². The highest BCUT2D eigenvalue weighted by molar-refractivity contribution is 4.81. The van der Waals surface area contributed by atoms with Crippen molar-refractivity contribution in [1.82, 2.24) is 0 Å². The van der Waals surface area contributed by atoms with Crippen LogP contribution in [0, 0.1) is 0 Å². The van der Waals surface area contributed by atoms with Crippen LogP contribution in [-0.2, 0) is 0 Å². The van der Waals surface area contributed by atoms with Crippen molar-refractivity contribution < 1.29 is 5.11 Å². The van der Waals surface area contributed by atoms with Crippen LogP contribution in [0.15, 0.2) is 12.2 Å². The molecule has 3 N–H and O–H groups in total. The van der Waals surface area contributed by atoms with Gasteiger partial charge in [0, 0.05) is 6.04 Å². The van der Waals surface area contributed by atoms with Crippen molar-refractivity contribution in [2.45, 2.75) is 90.2 Å². The molecule has 2 nitrogen and oxygen atoms in total. The van der Waals surface area contributed by atoms with E-state index in [0.29, 0.717) is 0 Å². The summed E-state index contributed by atoms with van der Waals surface area (Å²) in [5.41, 5.74) is 5.61. The van der Waals surface area contributed by atoms with E-state index in [4.69, 9.17) is 5.73 Å². The maximum atomic E-state index is 9.53. The summed E-state index contributed by atoms with van der Waals surface area (Å²) < 4.78 is 0. The zero-order valence-corrected chi connectivity index (χ0v) is 12.4. The van der Waals surface area contributed by atoms with Crippen molar-refractivity contribution in [1.29, 1.82) is 0 Å². The number of hydrogen-bond donors (Lipinski definition) is 2. The predicted octanol–water partition coefficient (Wildman–Crippen LogP) is 4.17. The minimum Gasteiger partial charge on any atom is -0.392 e. The normalized spacial score (nSPS) is 15.1. The Labute approximate surface area is 114 Å². The number of aliphatic hydroxyl groups is 1. The smallest absolute Gasteiger partial charge is 0.0688 e. The molecule has 2 heteroatoms. The van der Waals surface area contributed by atoms with Gasteiger partial charge in [-0.15, -0.1) is 0 Å². The summed E-state index contributed by atoms with van der Waals surface area (Å²) >= 11 is 0. The highest BCUT2D eigenvalue weighted by Gasteiger charge is 2.07. The van der Waals surface area contributed by atoms with Gasteiger partial charge in [0.15, 0.2) is 0 Å². The highest BCUT2D eigenvalue weighted by Crippen LogP contribution is 2.08. The molecule has 0 aliphatic carbocycles. The third-order valence-corrected chi connectivity index (χ3v) is 3.37. The van der Waals surface area contributed by atoms with Gasteiger partial charge in [-0.3, -0.25) is 0 Å². The van der Waals surface area contributed by atoms with Gasteiger partial charge in [0.25, 0.3) is 0 Å². The number of aliphatic hydroxyl groups excluding tert-OH is 1. The number of rotatable bonds is 12. The summed E-state index contributed by atoms with van der Waals surface area (Å²) in [6, 6.07) is -0.0898. The maximum Gasteiger partial charge on any atom is 0.0688 e. The summed E-state index contributed by atoms with van der Waals surface area (Å²) in [5.74, 6) is 0. The number of allylic oxidation sites excluding steroid dienone is 2. The second-order valence-corrected chi connectivity index (χ2v) is 5.39. The first-order chi connectivity index (χ1) is 8.68. The van der Waals surface area contributed by atoms with Crippen LogP contribution in [0.25, 0.3) is 0 Å². The van der Waals surface area contributed by atoms with Crippen LogP contribution in [0.1, 0.15) is 78.1 Å². The molecular weight excluding hydrogens is 222 g/mol. The van der Waals surface area contributed by atoms with Gasteiger partial charge >= 0.3 is 0 Å². The molecule has 0 radical (unpaired) electrons. The van der Waals surface area contributed by atoms with Gasteiger partial charge in [-0.05, 0) is 39.0 Å². The molecule has 0 aliphatic rings. The lowest BCUT2D eigenvalue weighted by Gasteiger charge is -2.13. The predicted molar refractivity (Wildman–Crippen MR) is 80.6 cm³/mol. The Hall–Kier alpha value is -0.340. The molecule has 2 atom stereocenters. The van der Waals surface area contributed by atoms with Crippen molar-refractivity contribution in [3.63, 3.8) is 0 Å². The first-order valence-corrected chi connectivity index (χ1v) is 7.77. The van der Waals surface area contributed by atoms with Crippen LogP contribution in [-0.4, -0.2) is 17.3 Å². The minimum absolute atomic E-state index is 0.0898. The van der Waals surface area contributed by atoms with E-state index in [-0.39, 0.29) is 12.1 Å². The van der Waals surface area contributed by atoms with Gasteiger partial charge in [-0.2, -0.15) is 0 Å². The number of hydrogen-bond acceptors (Lipinski definition) is 2. The Morgan fingerprint density at radius 3 is 2.00 bits per heavy atom. The fourth-order valence-electron chi connectivity index (χ4n) is 1.98. The van der Waals surface area contributed by atoms with Gasteiger partial charge in [0.1, 0.15) is 0 Å². The van der Waals surface area contributed by atoms with Crippen molar-refractivity contribution in [2.24, 2.45) is 5.73 Å². The van der Waals surface area contributed by atoms with E-state index in [2.05, 4.69) is 19.1 Å². The standard InChI is InChI=1S/C16H33NO/c1-3-4-5-6-7-8-9-10-11-12-13-14-16(18)15(2)17/h8-9,15-16,18H,3-7,10-14,17H2,1-2H3. The third kappa shape index (κ3) is 12.1. The second-order valence-electron chi connectivity index (χ2n) is 5.39. The molecule has 0 fully saturated rings. The van der Waals surface area contributed by atoms with Crippen molar-refractivity contribution in [3.05, 3.63) is 12.2 Å². The fraction of sp³-hybridized carbons (Fsp3) is 0.875. The molecular formula is C16H33NO. The lowest BCUT2D eigenvalue weighted by Crippen LogP contribution is -2.31. The van der Waals surface area contributed by atoms with Gasteiger partial charge in [-0.1, -0.05) is 51.2 Å². The van der Waals surface area contributed by atoms with Crippen LogP contribution in [0.5, 0.6) is 0 Å². The molecule has 0 heterocycles. The molecule has 0 bridgehead atoms. The molecule has 108 valence electrons. The van der Waals surface area contributed by atoms with Crippen molar-refractivity contribution in [3.8, 4) is 0 Å². The van der Waals surface area contributed by atoms with E-state index < -0.39 is 0 Å². The summed E-state index contributed by atoms with van der Waals surface area (Å²) in [4.78, 5) is 0. The van der Waals surface area contributed by atoms with Crippen LogP contribution in [0.3, 0.4) is 0 Å². The molecule has 0 rings (SSSR count). The average molecular weight is 255 g/mol. The van der Waals surface area contributed by atoms with E-state index in [1.807, 2.05) is 6.92 Å². The van der Waals surface area contributed by atoms with E-state index in [0.717, 1.165) is 12.8 Å². The van der Waals surface area contributed by atoms with Gasteiger partial charge < -0.3 is 10.8 Å². The molecule has 0 aromatic carbocycles. The van der Waals surface area contributed by atoms with Crippen LogP contribution < -0.4 is 5.73 Å². The van der Waals surface area contributed by atoms with E-state index >= 15 is 0 Å². The van der Waals surface area contributed by atoms with E-state index in [1.165, 1.54) is 51.4 Å². The van der Waals surface area contributed by atoms with E-state index in [9.17, 15) is 5.11 Å². The Morgan fingerprint density at radius 2 is 1.50 bits per heavy atom. The summed E-state index contributed by atoms with van der Waals surface area (Å²) in [6.07, 6.45) is 16.5. The van der Waals surface area contributed by atoms with Gasteiger partial charge in [-0.25, -0.2) is 0 Å². The first kappa shape index (κ1) is 17.7. The second kappa shape index (κ2) is 13.1. The third-order valence-electron chi connectivity index (χ3n) is 3.37. The SMILES string of the molecule is CCCCCCC=CCCCCCC(O)C(C)N. The molecule has 2 unspecified atom stereocenters. The molecule has 0 aromatic heterocycles. The molecule has 0 aliphatic heterocycles. The largest absolute Gasteiger partial charge is 0.392 e. The van der Waals surface area contributed by atoms with Crippen LogP contribution in [0.4, 0.5) is 0 Å². The Morgan fingerprint density at radius 1 is 0.944 bits per heavy atom. The molecule has 0 saturated heterocycles. The zero-order valence-electron chi connectivity index (χ0n) is 12.4. The Bertz CT molecular complexity index is 190. The van der Waals surface area contributed by atoms with Gasteiger partial charge in [0.2, 0.25) is 0 Å². The average Bonchev–Trinajstić information content (AvgIpc) is 2.35. The molecule has 0 saturated carbocycles. The summed E-state index contributed by atoms with van der Waals surface area (Å²) in [7, 11) is 0.